The third-order valence-corrected chi connectivity index (χ3v) is 7.59. The van der Waals surface area contributed by atoms with E-state index in [4.69, 9.17) is 11.6 Å². The molecule has 8 heteroatoms. The first-order chi connectivity index (χ1) is 14.2. The summed E-state index contributed by atoms with van der Waals surface area (Å²) in [5, 5.41) is 11.5. The van der Waals surface area contributed by atoms with E-state index in [1.54, 1.807) is 48.5 Å². The molecule has 2 saturated heterocycles. The zero-order valence-corrected chi connectivity index (χ0v) is 17.8. The number of benzene rings is 2. The normalized spacial score (nSPS) is 25.1. The number of Topliss-reactive ketones (excluding diaryl/α,β-unsaturated/α-hetero) is 1. The number of rotatable bonds is 3. The van der Waals surface area contributed by atoms with Gasteiger partial charge in [-0.05, 0) is 31.0 Å². The van der Waals surface area contributed by atoms with Crippen molar-refractivity contribution in [1.29, 1.82) is 0 Å². The fourth-order valence-corrected chi connectivity index (χ4v) is 5.90. The van der Waals surface area contributed by atoms with Crippen LogP contribution in [0.25, 0.3) is 5.76 Å². The Morgan fingerprint density at radius 3 is 2.27 bits per heavy atom. The van der Waals surface area contributed by atoms with Crippen molar-refractivity contribution in [3.05, 3.63) is 75.8 Å². The Kier molecular flexibility index (Phi) is 5.20. The van der Waals surface area contributed by atoms with E-state index in [0.29, 0.717) is 16.1 Å². The van der Waals surface area contributed by atoms with Crippen LogP contribution in [0.2, 0.25) is 5.02 Å². The van der Waals surface area contributed by atoms with E-state index in [9.17, 15) is 23.1 Å². The van der Waals surface area contributed by atoms with Gasteiger partial charge in [0.15, 0.2) is 9.84 Å². The molecule has 0 aliphatic carbocycles. The van der Waals surface area contributed by atoms with E-state index >= 15 is 0 Å². The minimum Gasteiger partial charge on any atom is -0.507 e. The van der Waals surface area contributed by atoms with Crippen LogP contribution >= 0.6 is 11.6 Å². The first-order valence-corrected chi connectivity index (χ1v) is 11.7. The van der Waals surface area contributed by atoms with E-state index in [-0.39, 0.29) is 29.3 Å². The Bertz CT molecular complexity index is 1150. The average molecular weight is 446 g/mol. The van der Waals surface area contributed by atoms with Crippen molar-refractivity contribution in [3.8, 4) is 0 Å². The summed E-state index contributed by atoms with van der Waals surface area (Å²) in [6.07, 6.45) is 0.254. The van der Waals surface area contributed by atoms with Gasteiger partial charge < -0.3 is 10.0 Å². The van der Waals surface area contributed by atoms with Gasteiger partial charge in [-0.2, -0.15) is 0 Å². The van der Waals surface area contributed by atoms with Crippen molar-refractivity contribution in [2.45, 2.75) is 25.4 Å². The zero-order chi connectivity index (χ0) is 21.6. The first kappa shape index (κ1) is 20.6. The van der Waals surface area contributed by atoms with Crippen LogP contribution in [0.15, 0.2) is 54.1 Å². The summed E-state index contributed by atoms with van der Waals surface area (Å²) < 4.78 is 24.1. The number of nitrogens with zero attached hydrogens (tertiary/aromatic N) is 1. The molecule has 2 aliphatic heterocycles. The number of carbonyl (C=O) groups excluding carboxylic acids is 2. The Morgan fingerprint density at radius 1 is 1.07 bits per heavy atom. The highest BCUT2D eigenvalue weighted by atomic mass is 35.5. The predicted molar refractivity (Wildman–Crippen MR) is 114 cm³/mol. The summed E-state index contributed by atoms with van der Waals surface area (Å²) in [7, 11) is -3.29. The maximum Gasteiger partial charge on any atom is 0.295 e. The van der Waals surface area contributed by atoms with Crippen LogP contribution in [0, 0.1) is 6.92 Å². The number of aliphatic hydroxyl groups is 1. The van der Waals surface area contributed by atoms with Crippen molar-refractivity contribution >= 4 is 38.9 Å². The van der Waals surface area contributed by atoms with E-state index in [0.717, 1.165) is 5.56 Å². The molecule has 6 nitrogen and oxygen atoms in total. The highest BCUT2D eigenvalue weighted by Gasteiger charge is 2.50. The molecule has 2 atom stereocenters. The summed E-state index contributed by atoms with van der Waals surface area (Å²) in [5.74, 6) is -2.14. The molecule has 0 radical (unpaired) electrons. The molecule has 0 saturated carbocycles. The smallest absolute Gasteiger partial charge is 0.295 e. The number of hydrogen-bond acceptors (Lipinski definition) is 5. The standard InChI is InChI=1S/C22H20ClNO5S/c1-13-2-4-15(5-3-13)20(25)18-19(14-6-8-16(23)9-7-14)24(22(27)21(18)26)17-10-11-30(28,29)12-17/h2-9,17,19,25H,10-12H2,1H3/b20-18-. The van der Waals surface area contributed by atoms with Crippen molar-refractivity contribution < 1.29 is 23.1 Å². The fourth-order valence-electron chi connectivity index (χ4n) is 4.06. The van der Waals surface area contributed by atoms with Crippen molar-refractivity contribution in [2.75, 3.05) is 11.5 Å². The van der Waals surface area contributed by atoms with Gasteiger partial charge in [-0.25, -0.2) is 8.42 Å². The van der Waals surface area contributed by atoms with Crippen LogP contribution in [0.4, 0.5) is 0 Å². The number of carbonyl (C=O) groups is 2. The summed E-state index contributed by atoms with van der Waals surface area (Å²) in [6.45, 7) is 1.90. The number of aryl methyl sites for hydroxylation is 1. The molecular weight excluding hydrogens is 426 g/mol. The number of aliphatic hydroxyl groups excluding tert-OH is 1. The maximum atomic E-state index is 13.0. The van der Waals surface area contributed by atoms with Crippen LogP contribution in [0.3, 0.4) is 0 Å². The summed E-state index contributed by atoms with van der Waals surface area (Å²) in [5.41, 5.74) is 1.93. The van der Waals surface area contributed by atoms with E-state index in [1.165, 1.54) is 4.90 Å². The molecule has 2 aromatic rings. The lowest BCUT2D eigenvalue weighted by atomic mass is 9.94. The summed E-state index contributed by atoms with van der Waals surface area (Å²) in [6, 6.07) is 12.1. The van der Waals surface area contributed by atoms with Gasteiger partial charge in [0, 0.05) is 16.6 Å². The van der Waals surface area contributed by atoms with Gasteiger partial charge in [0.25, 0.3) is 11.7 Å². The fraction of sp³-hybridized carbons (Fsp3) is 0.273. The SMILES string of the molecule is Cc1ccc(/C(O)=C2/C(=O)C(=O)N(C3CCS(=O)(=O)C3)C2c2ccc(Cl)cc2)cc1. The van der Waals surface area contributed by atoms with Crippen LogP contribution in [-0.4, -0.2) is 47.7 Å². The molecule has 0 spiro atoms. The number of likely N-dealkylation sites (tertiary alicyclic amines) is 1. The van der Waals surface area contributed by atoms with Gasteiger partial charge in [-0.15, -0.1) is 0 Å². The van der Waals surface area contributed by atoms with Crippen LogP contribution in [-0.2, 0) is 19.4 Å². The summed E-state index contributed by atoms with van der Waals surface area (Å²) >= 11 is 6.00. The second-order valence-electron chi connectivity index (χ2n) is 7.68. The third-order valence-electron chi connectivity index (χ3n) is 5.59. The lowest BCUT2D eigenvalue weighted by molar-refractivity contribution is -0.141. The van der Waals surface area contributed by atoms with E-state index in [2.05, 4.69) is 0 Å². The first-order valence-electron chi connectivity index (χ1n) is 9.51. The highest BCUT2D eigenvalue weighted by Crippen LogP contribution is 2.42. The van der Waals surface area contributed by atoms with Gasteiger partial charge in [0.2, 0.25) is 0 Å². The molecule has 30 heavy (non-hydrogen) atoms. The minimum atomic E-state index is -3.29. The molecule has 2 unspecified atom stereocenters. The largest absolute Gasteiger partial charge is 0.507 e. The van der Waals surface area contributed by atoms with Gasteiger partial charge in [-0.3, -0.25) is 9.59 Å². The number of hydrogen-bond donors (Lipinski definition) is 1. The molecule has 0 bridgehead atoms. The minimum absolute atomic E-state index is 0.0357. The topological polar surface area (TPSA) is 91.8 Å². The highest BCUT2D eigenvalue weighted by molar-refractivity contribution is 7.91. The zero-order valence-electron chi connectivity index (χ0n) is 16.2. The molecule has 156 valence electrons. The number of ketones is 1. The monoisotopic (exact) mass is 445 g/mol. The molecule has 0 aromatic heterocycles. The van der Waals surface area contributed by atoms with Crippen molar-refractivity contribution in [3.63, 3.8) is 0 Å². The van der Waals surface area contributed by atoms with Crippen LogP contribution in [0.5, 0.6) is 0 Å². The molecule has 4 rings (SSSR count). The third kappa shape index (κ3) is 3.63. The molecular formula is C22H20ClNO5S. The molecule has 2 aromatic carbocycles. The number of amides is 1. The van der Waals surface area contributed by atoms with Crippen molar-refractivity contribution in [2.24, 2.45) is 0 Å². The van der Waals surface area contributed by atoms with E-state index < -0.39 is 33.6 Å². The lowest BCUT2D eigenvalue weighted by Gasteiger charge is -2.30. The van der Waals surface area contributed by atoms with E-state index in [1.807, 2.05) is 6.92 Å². The van der Waals surface area contributed by atoms with Gasteiger partial charge in [0.1, 0.15) is 5.76 Å². The van der Waals surface area contributed by atoms with Gasteiger partial charge >= 0.3 is 0 Å². The molecule has 2 heterocycles. The molecule has 1 N–H and O–H groups in total. The Hall–Kier alpha value is -2.64. The predicted octanol–water partition coefficient (Wildman–Crippen LogP) is 3.26. The Morgan fingerprint density at radius 2 is 1.70 bits per heavy atom. The number of halogens is 1. The van der Waals surface area contributed by atoms with Gasteiger partial charge in [-0.1, -0.05) is 53.6 Å². The van der Waals surface area contributed by atoms with Crippen molar-refractivity contribution in [1.82, 2.24) is 4.90 Å². The number of sulfone groups is 1. The quantitative estimate of drug-likeness (QED) is 0.444. The summed E-state index contributed by atoms with van der Waals surface area (Å²) in [4.78, 5) is 27.3. The Balaban J connectivity index is 1.88. The molecule has 1 amide bonds. The van der Waals surface area contributed by atoms with Gasteiger partial charge in [0.05, 0.1) is 23.1 Å². The second-order valence-corrected chi connectivity index (χ2v) is 10.3. The maximum absolute atomic E-state index is 13.0. The average Bonchev–Trinajstić information content (AvgIpc) is 3.19. The second kappa shape index (κ2) is 7.56. The lowest BCUT2D eigenvalue weighted by Crippen LogP contribution is -2.40. The molecule has 2 aliphatic rings. The Labute approximate surface area is 179 Å². The van der Waals surface area contributed by atoms with Crippen LogP contribution in [0.1, 0.15) is 29.2 Å². The molecule has 2 fully saturated rings. The van der Waals surface area contributed by atoms with Crippen LogP contribution < -0.4 is 0 Å².